The van der Waals surface area contributed by atoms with Crippen molar-refractivity contribution in [1.82, 2.24) is 14.7 Å². The Labute approximate surface area is 223 Å². The second-order valence-corrected chi connectivity index (χ2v) is 8.92. The number of nitro benzene ring substituents is 1. The summed E-state index contributed by atoms with van der Waals surface area (Å²) in [6.07, 6.45) is 0. The average Bonchev–Trinajstić information content (AvgIpc) is 3.42. The van der Waals surface area contributed by atoms with Crippen LogP contribution in [0.2, 0.25) is 0 Å². The number of halogens is 1. The highest BCUT2D eigenvalue weighted by Crippen LogP contribution is 2.34. The van der Waals surface area contributed by atoms with Crippen LogP contribution in [0.3, 0.4) is 0 Å². The Kier molecular flexibility index (Phi) is 7.13. The minimum absolute atomic E-state index is 0.0333. The number of ether oxygens (including phenoxy) is 2. The first-order chi connectivity index (χ1) is 18.9. The first kappa shape index (κ1) is 25.7. The lowest BCUT2D eigenvalue weighted by molar-refractivity contribution is -0.384. The number of hydrogen-bond acceptors (Lipinski definition) is 7. The summed E-state index contributed by atoms with van der Waals surface area (Å²) >= 11 is 0. The summed E-state index contributed by atoms with van der Waals surface area (Å²) in [4.78, 5) is 28.1. The van der Waals surface area contributed by atoms with Gasteiger partial charge in [0.25, 0.3) is 11.6 Å². The Balaban J connectivity index is 1.43. The predicted octanol–water partition coefficient (Wildman–Crippen LogP) is 4.57. The Morgan fingerprint density at radius 1 is 0.897 bits per heavy atom. The van der Waals surface area contributed by atoms with E-state index in [1.165, 1.54) is 28.9 Å². The molecular formula is C28H26FN5O5. The van der Waals surface area contributed by atoms with Crippen LogP contribution in [0, 0.1) is 15.9 Å². The number of carbonyl (C=O) groups is 1. The Hall–Kier alpha value is -4.93. The van der Waals surface area contributed by atoms with E-state index in [1.807, 2.05) is 6.07 Å². The fraction of sp³-hybridized carbons (Fsp3) is 0.214. The van der Waals surface area contributed by atoms with Gasteiger partial charge in [-0.15, -0.1) is 0 Å². The molecule has 0 N–H and O–H groups in total. The van der Waals surface area contributed by atoms with Gasteiger partial charge in [-0.1, -0.05) is 0 Å². The SMILES string of the molecule is COc1ccc(-c2cc(C(=O)N3CCN(c4ccc([N+](=O)[O-])cc4)CC3)n(-c3ccc(F)cc3)n2)c(OC)c1. The molecule has 0 unspecified atom stereocenters. The topological polar surface area (TPSA) is 103 Å². The van der Waals surface area contributed by atoms with Gasteiger partial charge in [-0.3, -0.25) is 14.9 Å². The molecule has 0 bridgehead atoms. The zero-order valence-electron chi connectivity index (χ0n) is 21.4. The van der Waals surface area contributed by atoms with Gasteiger partial charge in [-0.2, -0.15) is 5.10 Å². The van der Waals surface area contributed by atoms with E-state index in [0.717, 1.165) is 5.69 Å². The fourth-order valence-electron chi connectivity index (χ4n) is 4.57. The summed E-state index contributed by atoms with van der Waals surface area (Å²) in [7, 11) is 3.11. The number of piperazine rings is 1. The summed E-state index contributed by atoms with van der Waals surface area (Å²) in [5.74, 6) is 0.552. The number of nitrogens with zero attached hydrogens (tertiary/aromatic N) is 5. The number of amides is 1. The monoisotopic (exact) mass is 531 g/mol. The standard InChI is InChI=1S/C28H26FN5O5/c1-38-23-11-12-24(27(17-23)39-2)25-18-26(33(30-25)21-5-3-19(29)4-6-21)28(35)32-15-13-31(14-16-32)20-7-9-22(10-8-20)34(36)37/h3-12,17-18H,13-16H2,1-2H3. The van der Waals surface area contributed by atoms with Gasteiger partial charge < -0.3 is 19.3 Å². The molecule has 1 saturated heterocycles. The number of carbonyl (C=O) groups excluding carboxylic acids is 1. The highest BCUT2D eigenvalue weighted by molar-refractivity contribution is 5.95. The molecule has 0 atom stereocenters. The Morgan fingerprint density at radius 2 is 1.56 bits per heavy atom. The van der Waals surface area contributed by atoms with Crippen molar-refractivity contribution in [3.63, 3.8) is 0 Å². The molecular weight excluding hydrogens is 505 g/mol. The van der Waals surface area contributed by atoms with Gasteiger partial charge >= 0.3 is 0 Å². The van der Waals surface area contributed by atoms with Crippen molar-refractivity contribution in [2.24, 2.45) is 0 Å². The van der Waals surface area contributed by atoms with Crippen molar-refractivity contribution in [2.45, 2.75) is 0 Å². The largest absolute Gasteiger partial charge is 0.497 e. The molecule has 1 aliphatic rings. The van der Waals surface area contributed by atoms with Gasteiger partial charge in [0, 0.05) is 55.6 Å². The van der Waals surface area contributed by atoms with Crippen molar-refractivity contribution in [3.05, 3.63) is 94.4 Å². The molecule has 200 valence electrons. The van der Waals surface area contributed by atoms with Crippen molar-refractivity contribution < 1.29 is 23.6 Å². The number of benzene rings is 3. The molecule has 39 heavy (non-hydrogen) atoms. The van der Waals surface area contributed by atoms with E-state index in [4.69, 9.17) is 14.6 Å². The van der Waals surface area contributed by atoms with Crippen LogP contribution >= 0.6 is 0 Å². The van der Waals surface area contributed by atoms with E-state index in [-0.39, 0.29) is 11.6 Å². The molecule has 0 spiro atoms. The van der Waals surface area contributed by atoms with Crippen molar-refractivity contribution in [2.75, 3.05) is 45.3 Å². The molecule has 1 amide bonds. The highest BCUT2D eigenvalue weighted by Gasteiger charge is 2.27. The van der Waals surface area contributed by atoms with Crippen molar-refractivity contribution in [1.29, 1.82) is 0 Å². The van der Waals surface area contributed by atoms with E-state index in [9.17, 15) is 19.3 Å². The normalized spacial score (nSPS) is 13.3. The van der Waals surface area contributed by atoms with Gasteiger partial charge in [0.1, 0.15) is 23.0 Å². The molecule has 1 aromatic heterocycles. The maximum atomic E-state index is 13.8. The van der Waals surface area contributed by atoms with Gasteiger partial charge in [0.05, 0.1) is 30.5 Å². The zero-order chi connectivity index (χ0) is 27.5. The van der Waals surface area contributed by atoms with Crippen LogP contribution in [-0.2, 0) is 0 Å². The van der Waals surface area contributed by atoms with Crippen LogP contribution in [0.5, 0.6) is 11.5 Å². The number of nitro groups is 1. The van der Waals surface area contributed by atoms with E-state index in [2.05, 4.69) is 4.90 Å². The number of non-ortho nitro benzene ring substituents is 1. The summed E-state index contributed by atoms with van der Waals surface area (Å²) in [5.41, 5.74) is 2.97. The average molecular weight is 532 g/mol. The number of rotatable bonds is 7. The summed E-state index contributed by atoms with van der Waals surface area (Å²) in [5, 5.41) is 15.7. The van der Waals surface area contributed by atoms with Gasteiger partial charge in [0.15, 0.2) is 0 Å². The molecule has 5 rings (SSSR count). The summed E-state index contributed by atoms with van der Waals surface area (Å²) in [6.45, 7) is 2.03. The van der Waals surface area contributed by atoms with Crippen LogP contribution in [0.15, 0.2) is 72.8 Å². The Morgan fingerprint density at radius 3 is 2.18 bits per heavy atom. The molecule has 11 heteroatoms. The third-order valence-electron chi connectivity index (χ3n) is 6.68. The molecule has 3 aromatic carbocycles. The molecule has 0 radical (unpaired) electrons. The molecule has 0 saturated carbocycles. The van der Waals surface area contributed by atoms with Crippen LogP contribution in [0.4, 0.5) is 15.8 Å². The Bertz CT molecular complexity index is 1500. The summed E-state index contributed by atoms with van der Waals surface area (Å²) < 4.78 is 26.0. The third-order valence-corrected chi connectivity index (χ3v) is 6.68. The molecule has 1 fully saturated rings. The van der Waals surface area contributed by atoms with Gasteiger partial charge in [-0.05, 0) is 54.6 Å². The van der Waals surface area contributed by atoms with Gasteiger partial charge in [-0.25, -0.2) is 9.07 Å². The number of hydrogen-bond donors (Lipinski definition) is 0. The minimum Gasteiger partial charge on any atom is -0.497 e. The summed E-state index contributed by atoms with van der Waals surface area (Å²) in [6, 6.07) is 19.2. The first-order valence-corrected chi connectivity index (χ1v) is 12.2. The minimum atomic E-state index is -0.430. The van der Waals surface area contributed by atoms with Crippen LogP contribution in [-0.4, -0.2) is 65.9 Å². The third kappa shape index (κ3) is 5.24. The second kappa shape index (κ2) is 10.8. The van der Waals surface area contributed by atoms with E-state index < -0.39 is 10.7 Å². The van der Waals surface area contributed by atoms with Crippen LogP contribution in [0.25, 0.3) is 16.9 Å². The number of methoxy groups -OCH3 is 2. The second-order valence-electron chi connectivity index (χ2n) is 8.92. The number of anilines is 1. The van der Waals surface area contributed by atoms with E-state index in [0.29, 0.717) is 60.3 Å². The van der Waals surface area contributed by atoms with E-state index >= 15 is 0 Å². The first-order valence-electron chi connectivity index (χ1n) is 12.2. The number of aromatic nitrogens is 2. The molecule has 10 nitrogen and oxygen atoms in total. The van der Waals surface area contributed by atoms with Crippen molar-refractivity contribution in [3.8, 4) is 28.4 Å². The smallest absolute Gasteiger partial charge is 0.272 e. The quantitative estimate of drug-likeness (QED) is 0.254. The molecule has 1 aliphatic heterocycles. The lowest BCUT2D eigenvalue weighted by Crippen LogP contribution is -2.49. The van der Waals surface area contributed by atoms with E-state index in [1.54, 1.807) is 61.6 Å². The zero-order valence-corrected chi connectivity index (χ0v) is 21.4. The molecule has 4 aromatic rings. The van der Waals surface area contributed by atoms with Gasteiger partial charge in [0.2, 0.25) is 0 Å². The molecule has 2 heterocycles. The molecule has 0 aliphatic carbocycles. The van der Waals surface area contributed by atoms with Crippen molar-refractivity contribution >= 4 is 17.3 Å². The highest BCUT2D eigenvalue weighted by atomic mass is 19.1. The maximum absolute atomic E-state index is 13.8. The predicted molar refractivity (Wildman–Crippen MR) is 143 cm³/mol. The van der Waals surface area contributed by atoms with Crippen LogP contribution in [0.1, 0.15) is 10.5 Å². The fourth-order valence-corrected chi connectivity index (χ4v) is 4.57. The lowest BCUT2D eigenvalue weighted by Gasteiger charge is -2.36. The maximum Gasteiger partial charge on any atom is 0.272 e. The van der Waals surface area contributed by atoms with Crippen LogP contribution < -0.4 is 14.4 Å². The lowest BCUT2D eigenvalue weighted by atomic mass is 10.1.